The van der Waals surface area contributed by atoms with E-state index < -0.39 is 0 Å². The van der Waals surface area contributed by atoms with Crippen molar-refractivity contribution in [1.29, 1.82) is 0 Å². The van der Waals surface area contributed by atoms with E-state index in [1.165, 1.54) is 19.3 Å². The molecule has 0 aromatic carbocycles. The molecule has 0 aliphatic heterocycles. The monoisotopic (exact) mass is 159 g/mol. The zero-order chi connectivity index (χ0) is 8.16. The molecule has 0 heterocycles. The first kappa shape index (κ1) is 8.97. The number of hydroxylamine groups is 1. The van der Waals surface area contributed by atoms with Crippen molar-refractivity contribution < 1.29 is 10.3 Å². The molecule has 1 aliphatic rings. The Balaban J connectivity index is 2.42. The lowest BCUT2D eigenvalue weighted by Gasteiger charge is -2.34. The molecule has 0 unspecified atom stereocenters. The summed E-state index contributed by atoms with van der Waals surface area (Å²) in [6, 6.07) is 0. The van der Waals surface area contributed by atoms with Crippen molar-refractivity contribution in [2.75, 3.05) is 13.2 Å². The zero-order valence-corrected chi connectivity index (χ0v) is 6.84. The van der Waals surface area contributed by atoms with Crippen LogP contribution in [0, 0.1) is 5.41 Å². The number of hydrogen-bond donors (Lipinski definition) is 3. The molecule has 0 aromatic rings. The SMILES string of the molecule is OCC1(CNO)CCCCC1. The molecule has 3 N–H and O–H groups in total. The molecule has 1 fully saturated rings. The first-order valence-electron chi connectivity index (χ1n) is 4.31. The van der Waals surface area contributed by atoms with Gasteiger partial charge < -0.3 is 10.3 Å². The minimum atomic E-state index is -0.0347. The molecule has 0 spiro atoms. The zero-order valence-electron chi connectivity index (χ0n) is 6.84. The normalized spacial score (nSPS) is 23.5. The van der Waals surface area contributed by atoms with E-state index in [9.17, 15) is 0 Å². The number of aliphatic hydroxyl groups is 1. The molecule has 0 atom stereocenters. The molecule has 3 heteroatoms. The summed E-state index contributed by atoms with van der Waals surface area (Å²) >= 11 is 0. The molecule has 0 aromatic heterocycles. The third kappa shape index (κ3) is 2.15. The second-order valence-corrected chi connectivity index (χ2v) is 3.55. The van der Waals surface area contributed by atoms with Gasteiger partial charge >= 0.3 is 0 Å². The van der Waals surface area contributed by atoms with E-state index in [-0.39, 0.29) is 12.0 Å². The van der Waals surface area contributed by atoms with Gasteiger partial charge in [0.25, 0.3) is 0 Å². The fourth-order valence-corrected chi connectivity index (χ4v) is 1.86. The van der Waals surface area contributed by atoms with E-state index >= 15 is 0 Å². The van der Waals surface area contributed by atoms with Crippen molar-refractivity contribution in [3.8, 4) is 0 Å². The van der Waals surface area contributed by atoms with Crippen LogP contribution in [0.4, 0.5) is 0 Å². The molecule has 1 aliphatic carbocycles. The van der Waals surface area contributed by atoms with E-state index in [0.29, 0.717) is 6.54 Å². The second-order valence-electron chi connectivity index (χ2n) is 3.55. The topological polar surface area (TPSA) is 52.5 Å². The molecule has 0 bridgehead atoms. The number of rotatable bonds is 3. The number of hydrogen-bond acceptors (Lipinski definition) is 3. The van der Waals surface area contributed by atoms with Crippen molar-refractivity contribution in [2.24, 2.45) is 5.41 Å². The van der Waals surface area contributed by atoms with E-state index in [1.54, 1.807) is 0 Å². The highest BCUT2D eigenvalue weighted by atomic mass is 16.5. The average molecular weight is 159 g/mol. The van der Waals surface area contributed by atoms with Crippen LogP contribution >= 0.6 is 0 Å². The van der Waals surface area contributed by atoms with Gasteiger partial charge in [-0.05, 0) is 12.8 Å². The predicted octanol–water partition coefficient (Wildman–Crippen LogP) is 0.908. The van der Waals surface area contributed by atoms with E-state index in [2.05, 4.69) is 5.48 Å². The van der Waals surface area contributed by atoms with E-state index in [1.807, 2.05) is 0 Å². The van der Waals surface area contributed by atoms with Gasteiger partial charge in [-0.2, -0.15) is 0 Å². The summed E-state index contributed by atoms with van der Waals surface area (Å²) in [6.45, 7) is 0.726. The first-order valence-corrected chi connectivity index (χ1v) is 4.31. The molecule has 3 nitrogen and oxygen atoms in total. The van der Waals surface area contributed by atoms with Crippen molar-refractivity contribution in [1.82, 2.24) is 5.48 Å². The highest BCUT2D eigenvalue weighted by molar-refractivity contribution is 4.82. The molecular weight excluding hydrogens is 142 g/mol. The maximum absolute atomic E-state index is 9.12. The van der Waals surface area contributed by atoms with Gasteiger partial charge in [0.15, 0.2) is 0 Å². The largest absolute Gasteiger partial charge is 0.396 e. The number of aliphatic hydroxyl groups excluding tert-OH is 1. The summed E-state index contributed by atoms with van der Waals surface area (Å²) in [6.07, 6.45) is 5.71. The van der Waals surface area contributed by atoms with Gasteiger partial charge in [0.2, 0.25) is 0 Å². The lowest BCUT2D eigenvalue weighted by Crippen LogP contribution is -2.37. The van der Waals surface area contributed by atoms with Crippen LogP contribution in [0.2, 0.25) is 0 Å². The van der Waals surface area contributed by atoms with Crippen molar-refractivity contribution in [3.63, 3.8) is 0 Å². The summed E-state index contributed by atoms with van der Waals surface area (Å²) < 4.78 is 0. The summed E-state index contributed by atoms with van der Waals surface area (Å²) in [4.78, 5) is 0. The standard InChI is InChI=1S/C8H17NO2/c10-7-8(6-9-11)4-2-1-3-5-8/h9-11H,1-7H2. The molecule has 66 valence electrons. The summed E-state index contributed by atoms with van der Waals surface area (Å²) in [5, 5.41) is 17.7. The van der Waals surface area contributed by atoms with Crippen LogP contribution in [0.3, 0.4) is 0 Å². The van der Waals surface area contributed by atoms with E-state index in [0.717, 1.165) is 12.8 Å². The van der Waals surface area contributed by atoms with Crippen LogP contribution in [0.5, 0.6) is 0 Å². The smallest absolute Gasteiger partial charge is 0.0500 e. The molecule has 1 saturated carbocycles. The van der Waals surface area contributed by atoms with E-state index in [4.69, 9.17) is 10.3 Å². The lowest BCUT2D eigenvalue weighted by molar-refractivity contribution is 0.0356. The Morgan fingerprint density at radius 1 is 1.18 bits per heavy atom. The van der Waals surface area contributed by atoms with Crippen LogP contribution in [0.1, 0.15) is 32.1 Å². The molecule has 0 saturated heterocycles. The highest BCUT2D eigenvalue weighted by Gasteiger charge is 2.30. The fourth-order valence-electron chi connectivity index (χ4n) is 1.86. The van der Waals surface area contributed by atoms with Crippen LogP contribution in [-0.2, 0) is 0 Å². The van der Waals surface area contributed by atoms with Crippen molar-refractivity contribution >= 4 is 0 Å². The highest BCUT2D eigenvalue weighted by Crippen LogP contribution is 2.34. The van der Waals surface area contributed by atoms with Crippen LogP contribution in [0.15, 0.2) is 0 Å². The van der Waals surface area contributed by atoms with Gasteiger partial charge in [0, 0.05) is 18.6 Å². The lowest BCUT2D eigenvalue weighted by atomic mass is 9.75. The van der Waals surface area contributed by atoms with Gasteiger partial charge in [-0.15, -0.1) is 0 Å². The van der Waals surface area contributed by atoms with Gasteiger partial charge in [0.1, 0.15) is 0 Å². The molecular formula is C8H17NO2. The Kier molecular flexibility index (Phi) is 3.30. The van der Waals surface area contributed by atoms with Crippen molar-refractivity contribution in [2.45, 2.75) is 32.1 Å². The summed E-state index contributed by atoms with van der Waals surface area (Å²) in [5.74, 6) is 0. The van der Waals surface area contributed by atoms with Crippen LogP contribution < -0.4 is 5.48 Å². The van der Waals surface area contributed by atoms with Crippen molar-refractivity contribution in [3.05, 3.63) is 0 Å². The minimum Gasteiger partial charge on any atom is -0.396 e. The second kappa shape index (κ2) is 4.04. The Morgan fingerprint density at radius 2 is 1.82 bits per heavy atom. The Bertz CT molecular complexity index is 105. The molecule has 0 radical (unpaired) electrons. The first-order chi connectivity index (χ1) is 5.33. The summed E-state index contributed by atoms with van der Waals surface area (Å²) in [5.41, 5.74) is 2.13. The van der Waals surface area contributed by atoms with Gasteiger partial charge in [-0.1, -0.05) is 19.3 Å². The fraction of sp³-hybridized carbons (Fsp3) is 1.00. The van der Waals surface area contributed by atoms with Crippen LogP contribution in [0.25, 0.3) is 0 Å². The predicted molar refractivity (Wildman–Crippen MR) is 42.4 cm³/mol. The molecule has 1 rings (SSSR count). The van der Waals surface area contributed by atoms with Crippen LogP contribution in [-0.4, -0.2) is 23.5 Å². The Labute approximate surface area is 67.4 Å². The quantitative estimate of drug-likeness (QED) is 0.536. The minimum absolute atomic E-state index is 0.0347. The molecule has 11 heavy (non-hydrogen) atoms. The summed E-state index contributed by atoms with van der Waals surface area (Å²) in [7, 11) is 0. The maximum atomic E-state index is 9.12. The third-order valence-corrected chi connectivity index (χ3v) is 2.70. The van der Waals surface area contributed by atoms with Gasteiger partial charge in [-0.25, -0.2) is 5.48 Å². The maximum Gasteiger partial charge on any atom is 0.0500 e. The number of nitrogens with one attached hydrogen (secondary N) is 1. The Hall–Kier alpha value is -0.120. The Morgan fingerprint density at radius 3 is 2.27 bits per heavy atom. The van der Waals surface area contributed by atoms with Gasteiger partial charge in [0.05, 0.1) is 0 Å². The van der Waals surface area contributed by atoms with Gasteiger partial charge in [-0.3, -0.25) is 0 Å². The molecule has 0 amide bonds. The third-order valence-electron chi connectivity index (χ3n) is 2.70. The average Bonchev–Trinajstić information content (AvgIpc) is 2.07.